The van der Waals surface area contributed by atoms with Crippen molar-refractivity contribution >= 4 is 0 Å². The smallest absolute Gasteiger partial charge is 0.0652 e. The average molecular weight is 267 g/mol. The summed E-state index contributed by atoms with van der Waals surface area (Å²) in [6.07, 6.45) is 0.909. The molecule has 108 valence electrons. The third-order valence-electron chi connectivity index (χ3n) is 3.13. The molecule has 1 unspecified atom stereocenters. The van der Waals surface area contributed by atoms with Gasteiger partial charge in [-0.1, -0.05) is 30.3 Å². The molecule has 0 aliphatic rings. The van der Waals surface area contributed by atoms with Gasteiger partial charge in [0.15, 0.2) is 0 Å². The summed E-state index contributed by atoms with van der Waals surface area (Å²) in [6.45, 7) is 4.82. The summed E-state index contributed by atoms with van der Waals surface area (Å²) >= 11 is 0. The second-order valence-corrected chi connectivity index (χ2v) is 4.74. The lowest BCUT2D eigenvalue weighted by molar-refractivity contribution is 0.0941. The molecule has 0 spiro atoms. The molecule has 1 rings (SSSR count). The van der Waals surface area contributed by atoms with Crippen LogP contribution in [0.15, 0.2) is 30.3 Å². The van der Waals surface area contributed by atoms with E-state index in [1.54, 1.807) is 7.11 Å². The van der Waals surface area contributed by atoms with E-state index in [0.29, 0.717) is 19.8 Å². The Bertz CT molecular complexity index is 331. The maximum Gasteiger partial charge on any atom is 0.0652 e. The topological polar surface area (TPSA) is 50.7 Å². The molecule has 0 heterocycles. The van der Waals surface area contributed by atoms with Gasteiger partial charge in [-0.05, 0) is 18.9 Å². The van der Waals surface area contributed by atoms with Gasteiger partial charge in [-0.3, -0.25) is 0 Å². The Hall–Kier alpha value is -0.940. The van der Waals surface area contributed by atoms with Crippen LogP contribution in [0.2, 0.25) is 0 Å². The van der Waals surface area contributed by atoms with Crippen LogP contribution in [0.4, 0.5) is 0 Å². The normalized spacial score (nSPS) is 14.3. The molecule has 19 heavy (non-hydrogen) atoms. The number of methoxy groups -OCH3 is 1. The Morgan fingerprint density at radius 1 is 1.16 bits per heavy atom. The first-order valence-electron chi connectivity index (χ1n) is 6.71. The van der Waals surface area contributed by atoms with Crippen LogP contribution in [0.5, 0.6) is 0 Å². The SMILES string of the molecule is COCCCOCCNC(C)(CO)c1ccccc1. The first-order chi connectivity index (χ1) is 9.23. The molecule has 4 heteroatoms. The number of hydrogen-bond acceptors (Lipinski definition) is 4. The molecule has 0 radical (unpaired) electrons. The van der Waals surface area contributed by atoms with Crippen molar-refractivity contribution in [2.75, 3.05) is 40.1 Å². The van der Waals surface area contributed by atoms with E-state index in [1.807, 2.05) is 37.3 Å². The van der Waals surface area contributed by atoms with Crippen LogP contribution in [-0.4, -0.2) is 45.2 Å². The minimum Gasteiger partial charge on any atom is -0.394 e. The zero-order valence-electron chi connectivity index (χ0n) is 11.9. The van der Waals surface area contributed by atoms with Gasteiger partial charge < -0.3 is 19.9 Å². The fraction of sp³-hybridized carbons (Fsp3) is 0.600. The minimum atomic E-state index is -0.419. The van der Waals surface area contributed by atoms with Crippen molar-refractivity contribution in [3.63, 3.8) is 0 Å². The molecule has 0 bridgehead atoms. The van der Waals surface area contributed by atoms with Gasteiger partial charge in [0.25, 0.3) is 0 Å². The summed E-state index contributed by atoms with van der Waals surface area (Å²) in [5.74, 6) is 0. The average Bonchev–Trinajstić information content (AvgIpc) is 2.47. The van der Waals surface area contributed by atoms with E-state index in [-0.39, 0.29) is 6.61 Å². The largest absolute Gasteiger partial charge is 0.394 e. The summed E-state index contributed by atoms with van der Waals surface area (Å²) in [6, 6.07) is 9.96. The van der Waals surface area contributed by atoms with Gasteiger partial charge >= 0.3 is 0 Å². The van der Waals surface area contributed by atoms with Gasteiger partial charge in [-0.2, -0.15) is 0 Å². The van der Waals surface area contributed by atoms with Gasteiger partial charge in [0.05, 0.1) is 18.8 Å². The number of ether oxygens (including phenoxy) is 2. The zero-order valence-corrected chi connectivity index (χ0v) is 11.9. The molecule has 1 aromatic carbocycles. The Morgan fingerprint density at radius 2 is 1.89 bits per heavy atom. The van der Waals surface area contributed by atoms with Crippen molar-refractivity contribution in [1.82, 2.24) is 5.32 Å². The quantitative estimate of drug-likeness (QED) is 0.631. The molecule has 0 aliphatic carbocycles. The number of rotatable bonds is 10. The number of aliphatic hydroxyl groups excluding tert-OH is 1. The van der Waals surface area contributed by atoms with Crippen LogP contribution in [0, 0.1) is 0 Å². The Labute approximate surface area is 115 Å². The number of hydrogen-bond donors (Lipinski definition) is 2. The second kappa shape index (κ2) is 9.04. The molecular weight excluding hydrogens is 242 g/mol. The van der Waals surface area contributed by atoms with Gasteiger partial charge in [0.1, 0.15) is 0 Å². The molecule has 0 amide bonds. The highest BCUT2D eigenvalue weighted by Crippen LogP contribution is 2.19. The Balaban J connectivity index is 2.29. The molecule has 0 aliphatic heterocycles. The third kappa shape index (κ3) is 5.70. The van der Waals surface area contributed by atoms with E-state index >= 15 is 0 Å². The van der Waals surface area contributed by atoms with E-state index in [4.69, 9.17) is 9.47 Å². The first kappa shape index (κ1) is 16.1. The monoisotopic (exact) mass is 267 g/mol. The van der Waals surface area contributed by atoms with Crippen molar-refractivity contribution in [2.45, 2.75) is 18.9 Å². The lowest BCUT2D eigenvalue weighted by Gasteiger charge is -2.29. The van der Waals surface area contributed by atoms with E-state index in [9.17, 15) is 5.11 Å². The number of nitrogens with one attached hydrogen (secondary N) is 1. The van der Waals surface area contributed by atoms with Crippen molar-refractivity contribution in [1.29, 1.82) is 0 Å². The van der Waals surface area contributed by atoms with Crippen molar-refractivity contribution in [3.05, 3.63) is 35.9 Å². The molecule has 0 aromatic heterocycles. The van der Waals surface area contributed by atoms with Crippen LogP contribution in [0.25, 0.3) is 0 Å². The zero-order chi connectivity index (χ0) is 14.0. The van der Waals surface area contributed by atoms with Crippen molar-refractivity contribution in [3.8, 4) is 0 Å². The Morgan fingerprint density at radius 3 is 2.53 bits per heavy atom. The van der Waals surface area contributed by atoms with Crippen LogP contribution in [0.3, 0.4) is 0 Å². The van der Waals surface area contributed by atoms with Crippen LogP contribution >= 0.6 is 0 Å². The van der Waals surface area contributed by atoms with Crippen LogP contribution in [0.1, 0.15) is 18.9 Å². The molecule has 1 aromatic rings. The summed E-state index contributed by atoms with van der Waals surface area (Å²) in [5, 5.41) is 12.9. The van der Waals surface area contributed by atoms with Crippen LogP contribution < -0.4 is 5.32 Å². The lowest BCUT2D eigenvalue weighted by Crippen LogP contribution is -2.44. The molecule has 0 fully saturated rings. The highest BCUT2D eigenvalue weighted by molar-refractivity contribution is 5.23. The van der Waals surface area contributed by atoms with E-state index in [2.05, 4.69) is 5.32 Å². The van der Waals surface area contributed by atoms with Gasteiger partial charge in [-0.25, -0.2) is 0 Å². The Kier molecular flexibility index (Phi) is 7.67. The molecule has 2 N–H and O–H groups in total. The van der Waals surface area contributed by atoms with E-state index in [1.165, 1.54) is 0 Å². The summed E-state index contributed by atoms with van der Waals surface area (Å²) < 4.78 is 10.4. The fourth-order valence-corrected chi connectivity index (χ4v) is 1.86. The molecule has 4 nitrogen and oxygen atoms in total. The van der Waals surface area contributed by atoms with Gasteiger partial charge in [0.2, 0.25) is 0 Å². The van der Waals surface area contributed by atoms with Crippen molar-refractivity contribution < 1.29 is 14.6 Å². The molecule has 0 saturated heterocycles. The maximum atomic E-state index is 9.59. The van der Waals surface area contributed by atoms with Gasteiger partial charge in [0, 0.05) is 26.9 Å². The van der Waals surface area contributed by atoms with E-state index < -0.39 is 5.54 Å². The number of aliphatic hydroxyl groups is 1. The summed E-state index contributed by atoms with van der Waals surface area (Å²) in [5.41, 5.74) is 0.661. The molecular formula is C15H25NO3. The molecule has 0 saturated carbocycles. The standard InChI is InChI=1S/C15H25NO3/c1-15(13-17,14-7-4-3-5-8-14)16-9-12-19-11-6-10-18-2/h3-5,7-8,16-17H,6,9-13H2,1-2H3. The summed E-state index contributed by atoms with van der Waals surface area (Å²) in [7, 11) is 1.69. The van der Waals surface area contributed by atoms with Crippen molar-refractivity contribution in [2.24, 2.45) is 0 Å². The second-order valence-electron chi connectivity index (χ2n) is 4.74. The van der Waals surface area contributed by atoms with Gasteiger partial charge in [-0.15, -0.1) is 0 Å². The van der Waals surface area contributed by atoms with E-state index in [0.717, 1.165) is 18.6 Å². The highest BCUT2D eigenvalue weighted by Gasteiger charge is 2.24. The summed E-state index contributed by atoms with van der Waals surface area (Å²) in [4.78, 5) is 0. The van der Waals surface area contributed by atoms with Crippen LogP contribution in [-0.2, 0) is 15.0 Å². The predicted octanol–water partition coefficient (Wildman–Crippen LogP) is 1.54. The number of benzene rings is 1. The first-order valence-corrected chi connectivity index (χ1v) is 6.71. The third-order valence-corrected chi connectivity index (χ3v) is 3.13. The lowest BCUT2D eigenvalue weighted by atomic mass is 9.93. The minimum absolute atomic E-state index is 0.0562. The molecule has 1 atom stereocenters. The maximum absolute atomic E-state index is 9.59. The fourth-order valence-electron chi connectivity index (χ4n) is 1.86. The highest BCUT2D eigenvalue weighted by atomic mass is 16.5. The predicted molar refractivity (Wildman–Crippen MR) is 76.2 cm³/mol.